The first-order valence-electron chi connectivity index (χ1n) is 8.21. The molecule has 1 aliphatic heterocycles. The highest BCUT2D eigenvalue weighted by atomic mass is 35.5. The smallest absolute Gasteiger partial charge is 0.137 e. The van der Waals surface area contributed by atoms with Crippen molar-refractivity contribution in [2.24, 2.45) is 0 Å². The Bertz CT molecular complexity index is 865. The highest BCUT2D eigenvalue weighted by molar-refractivity contribution is 6.31. The van der Waals surface area contributed by atoms with Gasteiger partial charge in [0.2, 0.25) is 0 Å². The largest absolute Gasteiger partial charge is 0.378 e. The fourth-order valence-electron chi connectivity index (χ4n) is 2.86. The number of morpholine rings is 1. The van der Waals surface area contributed by atoms with Crippen molar-refractivity contribution in [2.75, 3.05) is 36.5 Å². The molecule has 4 rings (SSSR count). The fraction of sp³-hybridized carbons (Fsp3) is 0.278. The number of nitrogens with one attached hydrogen (secondary N) is 1. The third kappa shape index (κ3) is 3.65. The lowest BCUT2D eigenvalue weighted by molar-refractivity contribution is 0.122. The summed E-state index contributed by atoms with van der Waals surface area (Å²) < 4.78 is 5.38. The average molecular weight is 356 g/mol. The minimum absolute atomic E-state index is 0.644. The molecular formula is C18H18ClN5O. The van der Waals surface area contributed by atoms with Crippen LogP contribution in [-0.2, 0) is 11.3 Å². The zero-order chi connectivity index (χ0) is 17.1. The van der Waals surface area contributed by atoms with Crippen molar-refractivity contribution < 1.29 is 4.74 Å². The number of nitrogens with zero attached hydrogens (tertiary/aromatic N) is 4. The number of fused-ring (bicyclic) bond motifs is 1. The molecule has 0 aliphatic carbocycles. The third-order valence-electron chi connectivity index (χ3n) is 4.20. The molecule has 1 N–H and O–H groups in total. The first-order chi connectivity index (χ1) is 12.3. The van der Waals surface area contributed by atoms with Gasteiger partial charge in [0.25, 0.3) is 0 Å². The number of benzene rings is 1. The second-order valence-corrected chi connectivity index (χ2v) is 6.30. The van der Waals surface area contributed by atoms with Gasteiger partial charge in [-0.25, -0.2) is 15.0 Å². The van der Waals surface area contributed by atoms with Gasteiger partial charge in [-0.1, -0.05) is 17.7 Å². The Balaban J connectivity index is 1.46. The van der Waals surface area contributed by atoms with Gasteiger partial charge >= 0.3 is 0 Å². The first kappa shape index (κ1) is 16.1. The van der Waals surface area contributed by atoms with Crippen LogP contribution in [-0.4, -0.2) is 41.3 Å². The van der Waals surface area contributed by atoms with Gasteiger partial charge in [0.1, 0.15) is 18.0 Å². The molecule has 2 aromatic heterocycles. The monoisotopic (exact) mass is 355 g/mol. The number of anilines is 2. The molecule has 25 heavy (non-hydrogen) atoms. The van der Waals surface area contributed by atoms with E-state index >= 15 is 0 Å². The molecule has 0 saturated carbocycles. The van der Waals surface area contributed by atoms with Crippen molar-refractivity contribution in [3.05, 3.63) is 53.4 Å². The van der Waals surface area contributed by atoms with E-state index in [2.05, 4.69) is 37.3 Å². The van der Waals surface area contributed by atoms with Gasteiger partial charge in [-0.15, -0.1) is 0 Å². The van der Waals surface area contributed by atoms with Crippen LogP contribution in [0, 0.1) is 0 Å². The Morgan fingerprint density at radius 1 is 1.08 bits per heavy atom. The highest BCUT2D eigenvalue weighted by Crippen LogP contribution is 2.23. The molecule has 128 valence electrons. The summed E-state index contributed by atoms with van der Waals surface area (Å²) in [6.45, 7) is 3.94. The molecule has 1 aliphatic rings. The molecule has 3 aromatic rings. The summed E-state index contributed by atoms with van der Waals surface area (Å²) in [5.74, 6) is 1.79. The predicted octanol–water partition coefficient (Wildman–Crippen LogP) is 3.13. The standard InChI is InChI=1S/C18H18ClN5O/c19-14-2-3-15-16(9-14)22-12-23-18(15)21-11-13-1-4-17(20-10-13)24-5-7-25-8-6-24/h1-4,9-10,12H,5-8,11H2,(H,21,22,23). The molecule has 1 fully saturated rings. The van der Waals surface area contributed by atoms with Gasteiger partial charge in [0, 0.05) is 36.2 Å². The van der Waals surface area contributed by atoms with Gasteiger partial charge < -0.3 is 15.0 Å². The van der Waals surface area contributed by atoms with Gasteiger partial charge in [0.05, 0.1) is 18.7 Å². The van der Waals surface area contributed by atoms with E-state index in [-0.39, 0.29) is 0 Å². The van der Waals surface area contributed by atoms with Crippen LogP contribution in [0.25, 0.3) is 10.9 Å². The Hall–Kier alpha value is -2.44. The minimum atomic E-state index is 0.644. The topological polar surface area (TPSA) is 63.2 Å². The van der Waals surface area contributed by atoms with Crippen molar-refractivity contribution in [3.8, 4) is 0 Å². The van der Waals surface area contributed by atoms with Crippen LogP contribution in [0.3, 0.4) is 0 Å². The maximum atomic E-state index is 6.02. The summed E-state index contributed by atoms with van der Waals surface area (Å²) in [6, 6.07) is 9.75. The molecule has 0 unspecified atom stereocenters. The van der Waals surface area contributed by atoms with Crippen LogP contribution in [0.2, 0.25) is 5.02 Å². The van der Waals surface area contributed by atoms with Crippen LogP contribution in [0.1, 0.15) is 5.56 Å². The zero-order valence-corrected chi connectivity index (χ0v) is 14.4. The summed E-state index contributed by atoms with van der Waals surface area (Å²) in [4.78, 5) is 15.4. The van der Waals surface area contributed by atoms with Crippen molar-refractivity contribution in [1.29, 1.82) is 0 Å². The van der Waals surface area contributed by atoms with Crippen LogP contribution < -0.4 is 10.2 Å². The van der Waals surface area contributed by atoms with E-state index in [1.807, 2.05) is 24.4 Å². The normalized spacial score (nSPS) is 14.7. The van der Waals surface area contributed by atoms with E-state index in [4.69, 9.17) is 16.3 Å². The van der Waals surface area contributed by atoms with E-state index in [1.54, 1.807) is 6.33 Å². The average Bonchev–Trinajstić information content (AvgIpc) is 2.67. The molecule has 0 amide bonds. The molecule has 3 heterocycles. The lowest BCUT2D eigenvalue weighted by Gasteiger charge is -2.27. The number of ether oxygens (including phenoxy) is 1. The Morgan fingerprint density at radius 2 is 1.96 bits per heavy atom. The van der Waals surface area contributed by atoms with Gasteiger partial charge in [-0.3, -0.25) is 0 Å². The van der Waals surface area contributed by atoms with E-state index in [9.17, 15) is 0 Å². The molecule has 6 nitrogen and oxygen atoms in total. The van der Waals surface area contributed by atoms with Crippen LogP contribution in [0.4, 0.5) is 11.6 Å². The third-order valence-corrected chi connectivity index (χ3v) is 4.44. The Morgan fingerprint density at radius 3 is 2.76 bits per heavy atom. The van der Waals surface area contributed by atoms with E-state index in [0.29, 0.717) is 11.6 Å². The maximum Gasteiger partial charge on any atom is 0.137 e. The number of hydrogen-bond acceptors (Lipinski definition) is 6. The van der Waals surface area contributed by atoms with Gasteiger partial charge in [-0.05, 0) is 29.8 Å². The molecule has 0 spiro atoms. The van der Waals surface area contributed by atoms with Crippen LogP contribution in [0.5, 0.6) is 0 Å². The van der Waals surface area contributed by atoms with Crippen molar-refractivity contribution in [2.45, 2.75) is 6.54 Å². The summed E-state index contributed by atoms with van der Waals surface area (Å²) in [6.07, 6.45) is 3.44. The highest BCUT2D eigenvalue weighted by Gasteiger charge is 2.12. The summed E-state index contributed by atoms with van der Waals surface area (Å²) >= 11 is 6.02. The Kier molecular flexibility index (Phi) is 4.63. The van der Waals surface area contributed by atoms with Gasteiger partial charge in [0.15, 0.2) is 0 Å². The summed E-state index contributed by atoms with van der Waals surface area (Å²) in [7, 11) is 0. The maximum absolute atomic E-state index is 6.02. The first-order valence-corrected chi connectivity index (χ1v) is 8.59. The number of pyridine rings is 1. The van der Waals surface area contributed by atoms with Crippen LogP contribution in [0.15, 0.2) is 42.9 Å². The molecule has 7 heteroatoms. The number of aromatic nitrogens is 3. The number of halogens is 1. The number of hydrogen-bond donors (Lipinski definition) is 1. The van der Waals surface area contributed by atoms with E-state index in [0.717, 1.165) is 54.4 Å². The van der Waals surface area contributed by atoms with Crippen LogP contribution >= 0.6 is 11.6 Å². The van der Waals surface area contributed by atoms with Crippen molar-refractivity contribution in [1.82, 2.24) is 15.0 Å². The second-order valence-electron chi connectivity index (χ2n) is 5.86. The molecule has 0 radical (unpaired) electrons. The van der Waals surface area contributed by atoms with Crippen molar-refractivity contribution >= 4 is 34.1 Å². The van der Waals surface area contributed by atoms with E-state index < -0.39 is 0 Å². The zero-order valence-electron chi connectivity index (χ0n) is 13.7. The SMILES string of the molecule is Clc1ccc2c(NCc3ccc(N4CCOCC4)nc3)ncnc2c1. The molecule has 1 aromatic carbocycles. The lowest BCUT2D eigenvalue weighted by Crippen LogP contribution is -2.36. The van der Waals surface area contributed by atoms with Crippen molar-refractivity contribution in [3.63, 3.8) is 0 Å². The predicted molar refractivity (Wildman–Crippen MR) is 99.1 cm³/mol. The summed E-state index contributed by atoms with van der Waals surface area (Å²) in [5.41, 5.74) is 1.92. The fourth-order valence-corrected chi connectivity index (χ4v) is 3.02. The lowest BCUT2D eigenvalue weighted by atomic mass is 10.2. The Labute approximate surface area is 150 Å². The summed E-state index contributed by atoms with van der Waals surface area (Å²) in [5, 5.41) is 4.97. The molecule has 0 atom stereocenters. The molecular weight excluding hydrogens is 338 g/mol. The van der Waals surface area contributed by atoms with Gasteiger partial charge in [-0.2, -0.15) is 0 Å². The minimum Gasteiger partial charge on any atom is -0.378 e. The quantitative estimate of drug-likeness (QED) is 0.775. The number of rotatable bonds is 4. The van der Waals surface area contributed by atoms with E-state index in [1.165, 1.54) is 0 Å². The molecule has 0 bridgehead atoms. The second kappa shape index (κ2) is 7.21. The molecule has 1 saturated heterocycles.